The Kier molecular flexibility index (Phi) is 9.14. The fourth-order valence-electron chi connectivity index (χ4n) is 4.17. The predicted molar refractivity (Wildman–Crippen MR) is 140 cm³/mol. The van der Waals surface area contributed by atoms with Crippen molar-refractivity contribution in [3.05, 3.63) is 53.1 Å². The van der Waals surface area contributed by atoms with Crippen LogP contribution in [0.5, 0.6) is 11.5 Å². The van der Waals surface area contributed by atoms with E-state index in [1.165, 1.54) is 16.8 Å². The molecule has 12 heteroatoms. The maximum absolute atomic E-state index is 13.5. The van der Waals surface area contributed by atoms with E-state index in [9.17, 15) is 9.59 Å². The molecule has 0 bridgehead atoms. The fraction of sp³-hybridized carbons (Fsp3) is 0.423. The van der Waals surface area contributed by atoms with Crippen LogP contribution in [0.2, 0.25) is 5.02 Å². The average molecular weight is 543 g/mol. The molecule has 0 radical (unpaired) electrons. The normalized spacial score (nSPS) is 15.6. The van der Waals surface area contributed by atoms with Crippen molar-refractivity contribution >= 4 is 23.4 Å². The zero-order chi connectivity index (χ0) is 27.1. The molecule has 1 aromatic heterocycles. The number of nitrogens with one attached hydrogen (secondary N) is 1. The minimum atomic E-state index is -0.769. The van der Waals surface area contributed by atoms with Crippen LogP contribution in [0.15, 0.2) is 42.5 Å². The summed E-state index contributed by atoms with van der Waals surface area (Å²) in [5.74, 6) is 0.769. The minimum absolute atomic E-state index is 0.00628. The molecule has 202 valence electrons. The van der Waals surface area contributed by atoms with E-state index in [-0.39, 0.29) is 31.0 Å². The van der Waals surface area contributed by atoms with Crippen LogP contribution in [-0.4, -0.2) is 76.4 Å². The number of aromatic nitrogens is 4. The van der Waals surface area contributed by atoms with Gasteiger partial charge >= 0.3 is 0 Å². The van der Waals surface area contributed by atoms with Gasteiger partial charge in [-0.25, -0.2) is 0 Å². The number of halogens is 1. The first-order chi connectivity index (χ1) is 18.4. The van der Waals surface area contributed by atoms with Crippen LogP contribution in [0.3, 0.4) is 0 Å². The third kappa shape index (κ3) is 6.59. The lowest BCUT2D eigenvalue weighted by Crippen LogP contribution is -2.49. The minimum Gasteiger partial charge on any atom is -0.493 e. The van der Waals surface area contributed by atoms with Gasteiger partial charge in [-0.05, 0) is 54.8 Å². The second-order valence-electron chi connectivity index (χ2n) is 8.88. The smallest absolute Gasteiger partial charge is 0.247 e. The van der Waals surface area contributed by atoms with Gasteiger partial charge in [-0.15, -0.1) is 10.2 Å². The summed E-state index contributed by atoms with van der Waals surface area (Å²) < 4.78 is 16.2. The molecular formula is C26H31ClN6O5. The van der Waals surface area contributed by atoms with E-state index in [0.29, 0.717) is 41.1 Å². The van der Waals surface area contributed by atoms with E-state index >= 15 is 0 Å². The molecule has 2 heterocycles. The van der Waals surface area contributed by atoms with Gasteiger partial charge in [0.25, 0.3) is 0 Å². The molecule has 0 saturated carbocycles. The molecule has 0 unspecified atom stereocenters. The van der Waals surface area contributed by atoms with E-state index in [2.05, 4.69) is 20.7 Å². The number of rotatable bonds is 11. The first kappa shape index (κ1) is 27.3. The van der Waals surface area contributed by atoms with Crippen LogP contribution in [0.4, 0.5) is 0 Å². The van der Waals surface area contributed by atoms with Gasteiger partial charge in [-0.2, -0.15) is 4.80 Å². The molecule has 1 N–H and O–H groups in total. The zero-order valence-corrected chi connectivity index (χ0v) is 22.3. The zero-order valence-electron chi connectivity index (χ0n) is 21.6. The number of carbonyl (C=O) groups excluding carboxylic acids is 2. The first-order valence-corrected chi connectivity index (χ1v) is 12.7. The van der Waals surface area contributed by atoms with Gasteiger partial charge in [0.1, 0.15) is 12.6 Å². The lowest BCUT2D eigenvalue weighted by molar-refractivity contribution is -0.141. The Balaban J connectivity index is 1.50. The quantitative estimate of drug-likeness (QED) is 0.392. The van der Waals surface area contributed by atoms with Crippen LogP contribution >= 0.6 is 11.6 Å². The van der Waals surface area contributed by atoms with Gasteiger partial charge in [0.2, 0.25) is 17.6 Å². The number of nitrogens with zero attached hydrogens (tertiary/aromatic N) is 5. The molecule has 1 aliphatic rings. The molecule has 2 aromatic carbocycles. The van der Waals surface area contributed by atoms with Gasteiger partial charge in [0, 0.05) is 30.3 Å². The van der Waals surface area contributed by atoms with Crippen molar-refractivity contribution in [3.63, 3.8) is 0 Å². The number of methoxy groups -OCH3 is 2. The van der Waals surface area contributed by atoms with Gasteiger partial charge in [0.05, 0.1) is 20.3 Å². The van der Waals surface area contributed by atoms with Gasteiger partial charge < -0.3 is 24.4 Å². The van der Waals surface area contributed by atoms with Crippen molar-refractivity contribution in [3.8, 4) is 22.9 Å². The monoisotopic (exact) mass is 542 g/mol. The standard InChI is InChI=1S/C26H31ClN6O5/c1-17(26(35)28-14-20-8-6-12-38-20)32(15-19-7-4-5-9-21(19)27)24(34)16-33-30-25(29-31-33)18-10-11-22(36-2)23(13-18)37-3/h4-5,7,9-11,13,17,20H,6,8,12,14-16H2,1-3H3,(H,28,35)/t17-,20-/m0/s1. The molecule has 2 atom stereocenters. The summed E-state index contributed by atoms with van der Waals surface area (Å²) in [6.07, 6.45) is 1.87. The number of carbonyl (C=O) groups is 2. The van der Waals surface area contributed by atoms with E-state index in [0.717, 1.165) is 18.4 Å². The molecule has 1 aliphatic heterocycles. The second kappa shape index (κ2) is 12.7. The molecule has 38 heavy (non-hydrogen) atoms. The highest BCUT2D eigenvalue weighted by atomic mass is 35.5. The maximum Gasteiger partial charge on any atom is 0.247 e. The molecule has 11 nitrogen and oxygen atoms in total. The Morgan fingerprint density at radius 3 is 2.71 bits per heavy atom. The summed E-state index contributed by atoms with van der Waals surface area (Å²) in [6, 6.07) is 11.7. The summed E-state index contributed by atoms with van der Waals surface area (Å²) in [6.45, 7) is 2.71. The molecule has 2 amide bonds. The summed E-state index contributed by atoms with van der Waals surface area (Å²) in [5, 5.41) is 15.9. The average Bonchev–Trinajstić information content (AvgIpc) is 3.63. The predicted octanol–water partition coefficient (Wildman–Crippen LogP) is 2.72. The number of hydrogen-bond donors (Lipinski definition) is 1. The van der Waals surface area contributed by atoms with Crippen LogP contribution in [0, 0.1) is 0 Å². The van der Waals surface area contributed by atoms with Crippen molar-refractivity contribution in [2.24, 2.45) is 0 Å². The van der Waals surface area contributed by atoms with Crippen molar-refractivity contribution in [1.82, 2.24) is 30.4 Å². The van der Waals surface area contributed by atoms with Crippen molar-refractivity contribution < 1.29 is 23.8 Å². The van der Waals surface area contributed by atoms with Crippen LogP contribution < -0.4 is 14.8 Å². The second-order valence-corrected chi connectivity index (χ2v) is 9.29. The highest BCUT2D eigenvalue weighted by molar-refractivity contribution is 6.31. The summed E-state index contributed by atoms with van der Waals surface area (Å²) in [7, 11) is 3.09. The Hall–Kier alpha value is -3.70. The Bertz CT molecular complexity index is 1260. The highest BCUT2D eigenvalue weighted by Crippen LogP contribution is 2.30. The molecule has 0 aliphatic carbocycles. The molecule has 1 saturated heterocycles. The molecule has 4 rings (SSSR count). The van der Waals surface area contributed by atoms with Gasteiger partial charge in [0.15, 0.2) is 11.5 Å². The Morgan fingerprint density at radius 2 is 2.00 bits per heavy atom. The topological polar surface area (TPSA) is 121 Å². The number of benzene rings is 2. The molecule has 3 aromatic rings. The summed E-state index contributed by atoms with van der Waals surface area (Å²) >= 11 is 6.37. The fourth-order valence-corrected chi connectivity index (χ4v) is 4.37. The number of tetrazole rings is 1. The third-order valence-electron chi connectivity index (χ3n) is 6.37. The number of hydrogen-bond acceptors (Lipinski definition) is 8. The SMILES string of the molecule is COc1ccc(-c2nnn(CC(=O)N(Cc3ccccc3Cl)[C@@H](C)C(=O)NC[C@@H]3CCCO3)n2)cc1OC. The van der Waals surface area contributed by atoms with Crippen molar-refractivity contribution in [1.29, 1.82) is 0 Å². The van der Waals surface area contributed by atoms with Crippen molar-refractivity contribution in [2.45, 2.75) is 45.0 Å². The number of amides is 2. The van der Waals surface area contributed by atoms with Crippen LogP contribution in [0.1, 0.15) is 25.3 Å². The Morgan fingerprint density at radius 1 is 1.21 bits per heavy atom. The lowest BCUT2D eigenvalue weighted by Gasteiger charge is -2.29. The van der Waals surface area contributed by atoms with E-state index < -0.39 is 6.04 Å². The van der Waals surface area contributed by atoms with E-state index in [4.69, 9.17) is 25.8 Å². The van der Waals surface area contributed by atoms with Crippen molar-refractivity contribution in [2.75, 3.05) is 27.4 Å². The molecule has 0 spiro atoms. The summed E-state index contributed by atoms with van der Waals surface area (Å²) in [4.78, 5) is 29.1. The highest BCUT2D eigenvalue weighted by Gasteiger charge is 2.28. The lowest BCUT2D eigenvalue weighted by atomic mass is 10.1. The van der Waals surface area contributed by atoms with Gasteiger partial charge in [-0.1, -0.05) is 29.8 Å². The van der Waals surface area contributed by atoms with E-state index in [1.54, 1.807) is 38.3 Å². The van der Waals surface area contributed by atoms with E-state index in [1.807, 2.05) is 18.2 Å². The van der Waals surface area contributed by atoms with Crippen LogP contribution in [0.25, 0.3) is 11.4 Å². The Labute approximate surface area is 226 Å². The summed E-state index contributed by atoms with van der Waals surface area (Å²) in [5.41, 5.74) is 1.37. The first-order valence-electron chi connectivity index (χ1n) is 12.3. The largest absolute Gasteiger partial charge is 0.493 e. The molecule has 1 fully saturated rings. The maximum atomic E-state index is 13.5. The number of ether oxygens (including phenoxy) is 3. The van der Waals surface area contributed by atoms with Gasteiger partial charge in [-0.3, -0.25) is 9.59 Å². The van der Waals surface area contributed by atoms with Crippen LogP contribution in [-0.2, 0) is 27.4 Å². The molecular weight excluding hydrogens is 512 g/mol. The third-order valence-corrected chi connectivity index (χ3v) is 6.73.